The van der Waals surface area contributed by atoms with Gasteiger partial charge in [0, 0.05) is 22.3 Å². The standard InChI is InChI=1S/C8H6BBrN2/c10-7-1-2-12-8-4-9(5-11)3-6(7)8/h1-2H,3-4H2. The van der Waals surface area contributed by atoms with Gasteiger partial charge in [-0.05, 0) is 24.3 Å². The number of aromatic nitrogens is 1. The Morgan fingerprint density at radius 3 is 3.08 bits per heavy atom. The maximum atomic E-state index is 8.74. The van der Waals surface area contributed by atoms with Crippen LogP contribution in [0.25, 0.3) is 0 Å². The molecule has 0 radical (unpaired) electrons. The third-order valence-corrected chi connectivity index (χ3v) is 2.90. The first-order valence-electron chi connectivity index (χ1n) is 3.83. The van der Waals surface area contributed by atoms with E-state index < -0.39 is 0 Å². The number of hydrogen-bond donors (Lipinski definition) is 0. The lowest BCUT2D eigenvalue weighted by Gasteiger charge is -1.98. The van der Waals surface area contributed by atoms with E-state index in [9.17, 15) is 0 Å². The van der Waals surface area contributed by atoms with E-state index in [0.717, 1.165) is 22.8 Å². The Hall–Kier alpha value is -0.815. The molecule has 58 valence electrons. The van der Waals surface area contributed by atoms with Crippen molar-refractivity contribution >= 4 is 22.6 Å². The van der Waals surface area contributed by atoms with Crippen LogP contribution < -0.4 is 0 Å². The molecule has 0 amide bonds. The molecule has 2 rings (SSSR count). The highest BCUT2D eigenvalue weighted by molar-refractivity contribution is 9.10. The van der Waals surface area contributed by atoms with E-state index in [1.165, 1.54) is 5.56 Å². The van der Waals surface area contributed by atoms with Gasteiger partial charge in [0.25, 0.3) is 6.71 Å². The lowest BCUT2D eigenvalue weighted by Crippen LogP contribution is -2.10. The number of pyridine rings is 1. The molecule has 4 heteroatoms. The molecule has 0 N–H and O–H groups in total. The van der Waals surface area contributed by atoms with Gasteiger partial charge >= 0.3 is 0 Å². The molecule has 0 bridgehead atoms. The van der Waals surface area contributed by atoms with E-state index in [-0.39, 0.29) is 6.71 Å². The Kier molecular flexibility index (Phi) is 1.89. The maximum Gasteiger partial charge on any atom is 0.278 e. The number of fused-ring (bicyclic) bond motifs is 1. The van der Waals surface area contributed by atoms with Crippen molar-refractivity contribution in [1.29, 1.82) is 5.26 Å². The van der Waals surface area contributed by atoms with Crippen LogP contribution in [0.4, 0.5) is 0 Å². The first kappa shape index (κ1) is 7.81. The molecule has 12 heavy (non-hydrogen) atoms. The number of rotatable bonds is 0. The molecule has 0 spiro atoms. The van der Waals surface area contributed by atoms with Gasteiger partial charge in [0.05, 0.1) is 0 Å². The number of nitriles is 1. The topological polar surface area (TPSA) is 36.7 Å². The molecule has 0 fully saturated rings. The molecule has 1 aromatic heterocycles. The summed E-state index contributed by atoms with van der Waals surface area (Å²) in [5, 5.41) is 8.74. The summed E-state index contributed by atoms with van der Waals surface area (Å²) in [5.74, 6) is 2.28. The molecule has 0 saturated heterocycles. The molecular weight excluding hydrogens is 215 g/mol. The first-order chi connectivity index (χ1) is 5.81. The van der Waals surface area contributed by atoms with Crippen LogP contribution >= 0.6 is 15.9 Å². The van der Waals surface area contributed by atoms with Crippen LogP contribution in [0.5, 0.6) is 0 Å². The molecule has 1 aromatic rings. The molecular formula is C8H6BBrN2. The minimum Gasteiger partial charge on any atom is -0.262 e. The van der Waals surface area contributed by atoms with Crippen LogP contribution in [0.3, 0.4) is 0 Å². The second-order valence-corrected chi connectivity index (χ2v) is 3.81. The lowest BCUT2D eigenvalue weighted by atomic mass is 9.49. The Bertz CT molecular complexity index is 359. The average molecular weight is 221 g/mol. The van der Waals surface area contributed by atoms with Crippen molar-refractivity contribution in [3.63, 3.8) is 0 Å². The highest BCUT2D eigenvalue weighted by Gasteiger charge is 2.27. The second kappa shape index (κ2) is 2.91. The third kappa shape index (κ3) is 1.14. The van der Waals surface area contributed by atoms with Gasteiger partial charge in [-0.1, -0.05) is 15.9 Å². The van der Waals surface area contributed by atoms with Gasteiger partial charge in [-0.15, -0.1) is 0 Å². The summed E-state index contributed by atoms with van der Waals surface area (Å²) in [6.45, 7) is 0.131. The zero-order chi connectivity index (χ0) is 8.55. The van der Waals surface area contributed by atoms with Gasteiger partial charge in [0.1, 0.15) is 0 Å². The van der Waals surface area contributed by atoms with Gasteiger partial charge in [-0.2, -0.15) is 0 Å². The molecule has 0 atom stereocenters. The van der Waals surface area contributed by atoms with Crippen LogP contribution in [0.1, 0.15) is 11.3 Å². The molecule has 1 aliphatic rings. The predicted octanol–water partition coefficient (Wildman–Crippen LogP) is 1.58. The molecule has 0 aliphatic carbocycles. The summed E-state index contributed by atoms with van der Waals surface area (Å²) in [7, 11) is 0. The Morgan fingerprint density at radius 2 is 2.42 bits per heavy atom. The van der Waals surface area contributed by atoms with Gasteiger partial charge in [0.15, 0.2) is 0 Å². The SMILES string of the molecule is N#CB1Cc2nccc(Br)c2C1. The Labute approximate surface area is 79.8 Å². The minimum absolute atomic E-state index is 0.131. The van der Waals surface area contributed by atoms with Gasteiger partial charge in [-0.3, -0.25) is 4.98 Å². The quantitative estimate of drug-likeness (QED) is 0.623. The molecule has 0 saturated carbocycles. The lowest BCUT2D eigenvalue weighted by molar-refractivity contribution is 1.14. The van der Waals surface area contributed by atoms with Crippen LogP contribution in [-0.4, -0.2) is 11.7 Å². The summed E-state index contributed by atoms with van der Waals surface area (Å²) < 4.78 is 1.09. The fourth-order valence-corrected chi connectivity index (χ4v) is 2.05. The van der Waals surface area contributed by atoms with Crippen molar-refractivity contribution in [2.24, 2.45) is 0 Å². The molecule has 0 unspecified atom stereocenters. The third-order valence-electron chi connectivity index (χ3n) is 2.16. The van der Waals surface area contributed by atoms with E-state index in [2.05, 4.69) is 26.9 Å². The second-order valence-electron chi connectivity index (χ2n) is 2.95. The summed E-state index contributed by atoms with van der Waals surface area (Å²) in [5.41, 5.74) is 2.29. The van der Waals surface area contributed by atoms with Crippen molar-refractivity contribution in [2.45, 2.75) is 12.6 Å². The number of halogens is 1. The molecule has 2 nitrogen and oxygen atoms in total. The summed E-state index contributed by atoms with van der Waals surface area (Å²) in [6.07, 6.45) is 3.44. The van der Waals surface area contributed by atoms with E-state index in [4.69, 9.17) is 5.26 Å². The number of nitrogens with zero attached hydrogens (tertiary/aromatic N) is 2. The van der Waals surface area contributed by atoms with Crippen LogP contribution in [0.2, 0.25) is 0 Å². The maximum absolute atomic E-state index is 8.74. The zero-order valence-corrected chi connectivity index (χ0v) is 8.00. The number of hydrogen-bond acceptors (Lipinski definition) is 2. The normalized spacial score (nSPS) is 14.2. The molecule has 1 aliphatic heterocycles. The van der Waals surface area contributed by atoms with E-state index in [0.29, 0.717) is 0 Å². The monoisotopic (exact) mass is 220 g/mol. The zero-order valence-electron chi connectivity index (χ0n) is 6.42. The van der Waals surface area contributed by atoms with Gasteiger partial charge in [0.2, 0.25) is 0 Å². The average Bonchev–Trinajstić information content (AvgIpc) is 2.49. The highest BCUT2D eigenvalue weighted by Crippen LogP contribution is 2.26. The van der Waals surface area contributed by atoms with Crippen LogP contribution in [-0.2, 0) is 12.6 Å². The highest BCUT2D eigenvalue weighted by atomic mass is 79.9. The van der Waals surface area contributed by atoms with Crippen LogP contribution in [0.15, 0.2) is 16.7 Å². The van der Waals surface area contributed by atoms with Crippen molar-refractivity contribution in [3.05, 3.63) is 28.0 Å². The summed E-state index contributed by atoms with van der Waals surface area (Å²) >= 11 is 3.45. The van der Waals surface area contributed by atoms with E-state index >= 15 is 0 Å². The van der Waals surface area contributed by atoms with Crippen molar-refractivity contribution < 1.29 is 0 Å². The molecule has 0 aromatic carbocycles. The van der Waals surface area contributed by atoms with Crippen LogP contribution in [0, 0.1) is 11.2 Å². The fraction of sp³-hybridized carbons (Fsp3) is 0.250. The smallest absolute Gasteiger partial charge is 0.262 e. The van der Waals surface area contributed by atoms with E-state index in [1.54, 1.807) is 6.20 Å². The minimum atomic E-state index is 0.131. The fourth-order valence-electron chi connectivity index (χ4n) is 1.54. The molecule has 2 heterocycles. The van der Waals surface area contributed by atoms with Crippen molar-refractivity contribution in [3.8, 4) is 5.97 Å². The Morgan fingerprint density at radius 1 is 1.58 bits per heavy atom. The largest absolute Gasteiger partial charge is 0.278 e. The first-order valence-corrected chi connectivity index (χ1v) is 4.62. The van der Waals surface area contributed by atoms with Gasteiger partial charge < -0.3 is 0 Å². The summed E-state index contributed by atoms with van der Waals surface area (Å²) in [4.78, 5) is 4.24. The predicted molar refractivity (Wildman–Crippen MR) is 50.7 cm³/mol. The van der Waals surface area contributed by atoms with Crippen molar-refractivity contribution in [2.75, 3.05) is 0 Å². The van der Waals surface area contributed by atoms with Gasteiger partial charge in [-0.25, -0.2) is 5.26 Å². The van der Waals surface area contributed by atoms with E-state index in [1.807, 2.05) is 6.07 Å². The Balaban J connectivity index is 2.43. The summed E-state index contributed by atoms with van der Waals surface area (Å²) in [6, 6.07) is 1.93. The van der Waals surface area contributed by atoms with Crippen molar-refractivity contribution in [1.82, 2.24) is 4.98 Å².